The fourth-order valence-electron chi connectivity index (χ4n) is 2.52. The number of carboxylic acids is 1. The van der Waals surface area contributed by atoms with Crippen LogP contribution < -0.4 is 10.2 Å². The van der Waals surface area contributed by atoms with Crippen LogP contribution in [0.4, 0.5) is 15.9 Å². The molecule has 126 valence electrons. The van der Waals surface area contributed by atoms with Crippen LogP contribution in [0.1, 0.15) is 16.1 Å². The molecule has 1 aromatic heterocycles. The number of hydrogen-bond donors (Lipinski definition) is 2. The number of carboxylic acid groups (broad SMARTS) is 1. The lowest BCUT2D eigenvalue weighted by Gasteiger charge is -2.30. The molecule has 1 aromatic carbocycles. The summed E-state index contributed by atoms with van der Waals surface area (Å²) in [6.07, 6.45) is 2.52. The summed E-state index contributed by atoms with van der Waals surface area (Å²) in [6, 6.07) is 4.68. The standard InChI is InChI=1S/C16H17FN4O3/c17-12-1-2-14(21-3-5-24-6-4-21)11(7-12)8-19-15-10-18-13(9-20-15)16(22)23/h1-2,7,9-10H,3-6,8H2,(H,19,20)(H,22,23). The van der Waals surface area contributed by atoms with Gasteiger partial charge in [-0.15, -0.1) is 0 Å². The van der Waals surface area contributed by atoms with E-state index in [1.165, 1.54) is 24.5 Å². The van der Waals surface area contributed by atoms with Gasteiger partial charge in [-0.05, 0) is 23.8 Å². The number of ether oxygens (including phenoxy) is 1. The number of carbonyl (C=O) groups is 1. The molecule has 0 bridgehead atoms. The van der Waals surface area contributed by atoms with Crippen LogP contribution in [-0.4, -0.2) is 47.3 Å². The first-order chi connectivity index (χ1) is 11.6. The number of anilines is 2. The number of aromatic carboxylic acids is 1. The predicted molar refractivity (Wildman–Crippen MR) is 85.8 cm³/mol. The number of benzene rings is 1. The van der Waals surface area contributed by atoms with Gasteiger partial charge in [0.25, 0.3) is 0 Å². The summed E-state index contributed by atoms with van der Waals surface area (Å²) in [5, 5.41) is 11.9. The highest BCUT2D eigenvalue weighted by molar-refractivity contribution is 5.84. The van der Waals surface area contributed by atoms with E-state index in [1.807, 2.05) is 0 Å². The number of halogens is 1. The predicted octanol–water partition coefficient (Wildman–Crippen LogP) is 1.76. The van der Waals surface area contributed by atoms with Crippen LogP contribution in [-0.2, 0) is 11.3 Å². The molecular weight excluding hydrogens is 315 g/mol. The van der Waals surface area contributed by atoms with E-state index in [-0.39, 0.29) is 11.5 Å². The van der Waals surface area contributed by atoms with E-state index in [1.54, 1.807) is 6.07 Å². The number of aromatic nitrogens is 2. The third kappa shape index (κ3) is 3.77. The van der Waals surface area contributed by atoms with Crippen molar-refractivity contribution in [1.29, 1.82) is 0 Å². The van der Waals surface area contributed by atoms with Crippen molar-refractivity contribution >= 4 is 17.5 Å². The lowest BCUT2D eigenvalue weighted by molar-refractivity contribution is 0.0690. The molecule has 3 rings (SSSR count). The molecule has 7 nitrogen and oxygen atoms in total. The normalized spacial score (nSPS) is 14.5. The Morgan fingerprint density at radius 2 is 2.08 bits per heavy atom. The lowest BCUT2D eigenvalue weighted by Crippen LogP contribution is -2.37. The number of nitrogens with zero attached hydrogens (tertiary/aromatic N) is 3. The van der Waals surface area contributed by atoms with Gasteiger partial charge < -0.3 is 20.1 Å². The highest BCUT2D eigenvalue weighted by Gasteiger charge is 2.15. The van der Waals surface area contributed by atoms with Gasteiger partial charge in [0.05, 0.1) is 25.6 Å². The third-order valence-corrected chi connectivity index (χ3v) is 3.72. The van der Waals surface area contributed by atoms with Crippen LogP contribution in [0, 0.1) is 5.82 Å². The van der Waals surface area contributed by atoms with Crippen molar-refractivity contribution in [2.75, 3.05) is 36.5 Å². The highest BCUT2D eigenvalue weighted by Crippen LogP contribution is 2.23. The Bertz CT molecular complexity index is 718. The Kier molecular flexibility index (Phi) is 4.85. The van der Waals surface area contributed by atoms with Crippen LogP contribution >= 0.6 is 0 Å². The first-order valence-corrected chi connectivity index (χ1v) is 7.54. The maximum absolute atomic E-state index is 13.6. The highest BCUT2D eigenvalue weighted by atomic mass is 19.1. The SMILES string of the molecule is O=C(O)c1cnc(NCc2cc(F)ccc2N2CCOCC2)cn1. The van der Waals surface area contributed by atoms with Crippen molar-refractivity contribution in [2.45, 2.75) is 6.54 Å². The number of rotatable bonds is 5. The summed E-state index contributed by atoms with van der Waals surface area (Å²) in [5.41, 5.74) is 1.61. The molecule has 2 N–H and O–H groups in total. The topological polar surface area (TPSA) is 87.6 Å². The van der Waals surface area contributed by atoms with Crippen molar-refractivity contribution in [2.24, 2.45) is 0 Å². The fraction of sp³-hybridized carbons (Fsp3) is 0.312. The summed E-state index contributed by atoms with van der Waals surface area (Å²) in [5.74, 6) is -1.01. The smallest absolute Gasteiger partial charge is 0.356 e. The summed E-state index contributed by atoms with van der Waals surface area (Å²) in [7, 11) is 0. The molecule has 0 unspecified atom stereocenters. The molecule has 0 radical (unpaired) electrons. The van der Waals surface area contributed by atoms with Crippen molar-refractivity contribution < 1.29 is 19.0 Å². The summed E-state index contributed by atoms with van der Waals surface area (Å²) in [6.45, 7) is 3.15. The van der Waals surface area contributed by atoms with Gasteiger partial charge in [-0.3, -0.25) is 0 Å². The van der Waals surface area contributed by atoms with Gasteiger partial charge in [-0.1, -0.05) is 0 Å². The molecule has 0 amide bonds. The molecular formula is C16H17FN4O3. The Hall–Kier alpha value is -2.74. The van der Waals surface area contributed by atoms with Crippen LogP contribution in [0.5, 0.6) is 0 Å². The minimum absolute atomic E-state index is 0.125. The molecule has 0 spiro atoms. The number of hydrogen-bond acceptors (Lipinski definition) is 6. The van der Waals surface area contributed by atoms with Gasteiger partial charge in [0.1, 0.15) is 11.6 Å². The second-order valence-corrected chi connectivity index (χ2v) is 5.32. The molecule has 1 aliphatic rings. The van der Waals surface area contributed by atoms with E-state index in [4.69, 9.17) is 9.84 Å². The van der Waals surface area contributed by atoms with E-state index < -0.39 is 5.97 Å². The van der Waals surface area contributed by atoms with Gasteiger partial charge >= 0.3 is 5.97 Å². The van der Waals surface area contributed by atoms with Crippen LogP contribution in [0.2, 0.25) is 0 Å². The summed E-state index contributed by atoms with van der Waals surface area (Å²) < 4.78 is 19.0. The van der Waals surface area contributed by atoms with Gasteiger partial charge in [0.2, 0.25) is 0 Å². The Morgan fingerprint density at radius 3 is 2.75 bits per heavy atom. The molecule has 8 heteroatoms. The molecule has 0 saturated carbocycles. The fourth-order valence-corrected chi connectivity index (χ4v) is 2.52. The molecule has 2 heterocycles. The zero-order chi connectivity index (χ0) is 16.9. The van der Waals surface area contributed by atoms with E-state index in [9.17, 15) is 9.18 Å². The zero-order valence-electron chi connectivity index (χ0n) is 12.9. The van der Waals surface area contributed by atoms with E-state index in [0.29, 0.717) is 25.6 Å². The van der Waals surface area contributed by atoms with E-state index in [2.05, 4.69) is 20.2 Å². The van der Waals surface area contributed by atoms with Gasteiger partial charge in [0, 0.05) is 25.3 Å². The van der Waals surface area contributed by atoms with Crippen LogP contribution in [0.25, 0.3) is 0 Å². The van der Waals surface area contributed by atoms with Crippen molar-refractivity contribution in [3.05, 3.63) is 47.7 Å². The first-order valence-electron chi connectivity index (χ1n) is 7.54. The van der Waals surface area contributed by atoms with Crippen LogP contribution in [0.15, 0.2) is 30.6 Å². The molecule has 0 atom stereocenters. The zero-order valence-corrected chi connectivity index (χ0v) is 12.9. The van der Waals surface area contributed by atoms with E-state index >= 15 is 0 Å². The van der Waals surface area contributed by atoms with Crippen molar-refractivity contribution in [3.8, 4) is 0 Å². The Morgan fingerprint density at radius 1 is 1.29 bits per heavy atom. The minimum atomic E-state index is -1.13. The lowest BCUT2D eigenvalue weighted by atomic mass is 10.1. The molecule has 2 aromatic rings. The van der Waals surface area contributed by atoms with Crippen molar-refractivity contribution in [1.82, 2.24) is 9.97 Å². The molecule has 1 aliphatic heterocycles. The van der Waals surface area contributed by atoms with Gasteiger partial charge in [-0.2, -0.15) is 0 Å². The monoisotopic (exact) mass is 332 g/mol. The number of nitrogens with one attached hydrogen (secondary N) is 1. The minimum Gasteiger partial charge on any atom is -0.476 e. The second kappa shape index (κ2) is 7.22. The Labute approximate surface area is 138 Å². The average molecular weight is 332 g/mol. The van der Waals surface area contributed by atoms with Crippen molar-refractivity contribution in [3.63, 3.8) is 0 Å². The van der Waals surface area contributed by atoms with Crippen LogP contribution in [0.3, 0.4) is 0 Å². The maximum atomic E-state index is 13.6. The molecule has 0 aliphatic carbocycles. The summed E-state index contributed by atoms with van der Waals surface area (Å²) >= 11 is 0. The molecule has 1 saturated heterocycles. The van der Waals surface area contributed by atoms with Gasteiger partial charge in [-0.25, -0.2) is 19.2 Å². The van der Waals surface area contributed by atoms with Gasteiger partial charge in [0.15, 0.2) is 5.69 Å². The Balaban J connectivity index is 1.74. The summed E-state index contributed by atoms with van der Waals surface area (Å²) in [4.78, 5) is 20.7. The quantitative estimate of drug-likeness (QED) is 0.862. The largest absolute Gasteiger partial charge is 0.476 e. The molecule has 1 fully saturated rings. The third-order valence-electron chi connectivity index (χ3n) is 3.72. The number of morpholine rings is 1. The van der Waals surface area contributed by atoms with E-state index in [0.717, 1.165) is 24.3 Å². The first kappa shape index (κ1) is 16.1. The maximum Gasteiger partial charge on any atom is 0.356 e. The average Bonchev–Trinajstić information content (AvgIpc) is 2.61. The second-order valence-electron chi connectivity index (χ2n) is 5.32. The molecule has 24 heavy (non-hydrogen) atoms.